The van der Waals surface area contributed by atoms with E-state index in [1.54, 1.807) is 30.0 Å². The number of carbonyl (C=O) groups is 1. The molecule has 0 fully saturated rings. The van der Waals surface area contributed by atoms with Crippen LogP contribution in [0.15, 0.2) is 52.4 Å². The van der Waals surface area contributed by atoms with E-state index >= 15 is 0 Å². The number of aliphatic hydroxyl groups is 1. The van der Waals surface area contributed by atoms with E-state index in [2.05, 4.69) is 22.9 Å². The van der Waals surface area contributed by atoms with E-state index in [1.165, 1.54) is 0 Å². The van der Waals surface area contributed by atoms with Crippen molar-refractivity contribution in [3.63, 3.8) is 0 Å². The molecule has 4 nitrogen and oxygen atoms in total. The number of thiol groups is 1. The predicted molar refractivity (Wildman–Crippen MR) is 103 cm³/mol. The summed E-state index contributed by atoms with van der Waals surface area (Å²) in [6, 6.07) is 12.6. The molecule has 0 aromatic heterocycles. The molecular formula is C17H15ClN2O2S2. The van der Waals surface area contributed by atoms with E-state index in [0.717, 1.165) is 16.4 Å². The van der Waals surface area contributed by atoms with E-state index in [0.29, 0.717) is 21.2 Å². The third-order valence-corrected chi connectivity index (χ3v) is 5.23. The van der Waals surface area contributed by atoms with Crippen LogP contribution in [0.25, 0.3) is 0 Å². The number of aliphatic hydroxyl groups excluding tert-OH is 1. The monoisotopic (exact) mass is 378 g/mol. The van der Waals surface area contributed by atoms with Crippen LogP contribution in [0.3, 0.4) is 0 Å². The first-order chi connectivity index (χ1) is 11.6. The highest BCUT2D eigenvalue weighted by Gasteiger charge is 2.19. The minimum Gasteiger partial charge on any atom is -0.390 e. The van der Waals surface area contributed by atoms with Gasteiger partial charge in [-0.15, -0.1) is 24.4 Å². The van der Waals surface area contributed by atoms with Crippen LogP contribution in [0, 0.1) is 0 Å². The molecule has 0 radical (unpaired) electrons. The molecule has 2 N–H and O–H groups in total. The molecule has 1 atom stereocenters. The number of carbonyl (C=O) groups excluding carboxylic acids is 1. The molecule has 0 spiro atoms. The number of benzene rings is 2. The average Bonchev–Trinajstić information content (AvgIpc) is 3.04. The Balaban J connectivity index is 1.70. The molecule has 0 aliphatic carbocycles. The van der Waals surface area contributed by atoms with Crippen molar-refractivity contribution in [1.29, 1.82) is 0 Å². The van der Waals surface area contributed by atoms with Crippen LogP contribution in [0.1, 0.15) is 22.0 Å². The van der Waals surface area contributed by atoms with Gasteiger partial charge in [0.25, 0.3) is 5.91 Å². The summed E-state index contributed by atoms with van der Waals surface area (Å²) in [6.45, 7) is -0.0128. The van der Waals surface area contributed by atoms with Gasteiger partial charge in [-0.05, 0) is 35.9 Å². The van der Waals surface area contributed by atoms with Gasteiger partial charge in [0.15, 0.2) is 0 Å². The maximum atomic E-state index is 12.3. The molecule has 24 heavy (non-hydrogen) atoms. The molecule has 1 aliphatic heterocycles. The SMILES string of the molecule is O=C(Nc1ccc(C2CSC(CO)=N2)cc1)c1ccc(S)cc1Cl. The highest BCUT2D eigenvalue weighted by molar-refractivity contribution is 8.14. The summed E-state index contributed by atoms with van der Waals surface area (Å²) in [7, 11) is 0. The maximum Gasteiger partial charge on any atom is 0.257 e. The fourth-order valence-electron chi connectivity index (χ4n) is 2.36. The Labute approximate surface area is 154 Å². The fourth-order valence-corrected chi connectivity index (χ4v) is 3.81. The van der Waals surface area contributed by atoms with Gasteiger partial charge in [0, 0.05) is 16.3 Å². The highest BCUT2D eigenvalue weighted by atomic mass is 35.5. The van der Waals surface area contributed by atoms with Crippen LogP contribution in [-0.4, -0.2) is 28.4 Å². The number of hydrogen-bond donors (Lipinski definition) is 3. The lowest BCUT2D eigenvalue weighted by atomic mass is 10.1. The first-order valence-corrected chi connectivity index (χ1v) is 9.08. The van der Waals surface area contributed by atoms with Crippen LogP contribution in [0.2, 0.25) is 5.02 Å². The molecule has 7 heteroatoms. The van der Waals surface area contributed by atoms with Crippen molar-refractivity contribution in [2.75, 3.05) is 17.7 Å². The van der Waals surface area contributed by atoms with Gasteiger partial charge in [0.1, 0.15) is 0 Å². The summed E-state index contributed by atoms with van der Waals surface area (Å²) in [5.74, 6) is 0.561. The highest BCUT2D eigenvalue weighted by Crippen LogP contribution is 2.31. The lowest BCUT2D eigenvalue weighted by molar-refractivity contribution is 0.102. The topological polar surface area (TPSA) is 61.7 Å². The van der Waals surface area contributed by atoms with Gasteiger partial charge in [-0.1, -0.05) is 23.7 Å². The Hall–Kier alpha value is -1.47. The van der Waals surface area contributed by atoms with Gasteiger partial charge in [0.2, 0.25) is 0 Å². The van der Waals surface area contributed by atoms with Crippen molar-refractivity contribution < 1.29 is 9.90 Å². The minimum atomic E-state index is -0.266. The normalized spacial score (nSPS) is 16.8. The van der Waals surface area contributed by atoms with Gasteiger partial charge in [-0.25, -0.2) is 0 Å². The molecule has 1 unspecified atom stereocenters. The Kier molecular flexibility index (Phi) is 5.50. The number of aliphatic imine (C=N–C) groups is 1. The van der Waals surface area contributed by atoms with Crippen molar-refractivity contribution in [2.24, 2.45) is 4.99 Å². The van der Waals surface area contributed by atoms with E-state index < -0.39 is 0 Å². The summed E-state index contributed by atoms with van der Waals surface area (Å²) in [5, 5.41) is 13.1. The van der Waals surface area contributed by atoms with Crippen LogP contribution >= 0.6 is 36.0 Å². The maximum absolute atomic E-state index is 12.3. The van der Waals surface area contributed by atoms with Gasteiger partial charge in [-0.2, -0.15) is 0 Å². The van der Waals surface area contributed by atoms with E-state index in [-0.39, 0.29) is 18.6 Å². The lowest BCUT2D eigenvalue weighted by Crippen LogP contribution is -2.12. The largest absolute Gasteiger partial charge is 0.390 e. The Morgan fingerprint density at radius 1 is 1.33 bits per heavy atom. The zero-order chi connectivity index (χ0) is 17.1. The van der Waals surface area contributed by atoms with Crippen LogP contribution in [0.4, 0.5) is 5.69 Å². The zero-order valence-electron chi connectivity index (χ0n) is 12.6. The second-order valence-electron chi connectivity index (χ2n) is 5.25. The molecule has 1 aliphatic rings. The Morgan fingerprint density at radius 3 is 2.71 bits per heavy atom. The molecule has 2 aromatic carbocycles. The quantitative estimate of drug-likeness (QED) is 0.703. The molecule has 1 heterocycles. The van der Waals surface area contributed by atoms with Crippen LogP contribution in [-0.2, 0) is 0 Å². The number of hydrogen-bond acceptors (Lipinski definition) is 5. The average molecular weight is 379 g/mol. The molecule has 0 bridgehead atoms. The predicted octanol–water partition coefficient (Wildman–Crippen LogP) is 4.06. The number of halogens is 1. The summed E-state index contributed by atoms with van der Waals surface area (Å²) in [4.78, 5) is 17.5. The first kappa shape index (κ1) is 17.4. The van der Waals surface area contributed by atoms with Gasteiger partial charge >= 0.3 is 0 Å². The third kappa shape index (κ3) is 3.95. The minimum absolute atomic E-state index is 0.0128. The number of rotatable bonds is 4. The molecule has 0 saturated heterocycles. The number of nitrogens with one attached hydrogen (secondary N) is 1. The second-order valence-corrected chi connectivity index (χ2v) is 7.26. The van der Waals surface area contributed by atoms with Crippen LogP contribution in [0.5, 0.6) is 0 Å². The van der Waals surface area contributed by atoms with Crippen molar-refractivity contribution >= 4 is 52.6 Å². The third-order valence-electron chi connectivity index (χ3n) is 3.59. The summed E-state index contributed by atoms with van der Waals surface area (Å²) >= 11 is 11.8. The number of anilines is 1. The van der Waals surface area contributed by atoms with Crippen molar-refractivity contribution in [3.8, 4) is 0 Å². The fraction of sp³-hybridized carbons (Fsp3) is 0.176. The van der Waals surface area contributed by atoms with Gasteiger partial charge in [0.05, 0.1) is 28.3 Å². The summed E-state index contributed by atoms with van der Waals surface area (Å²) in [5.41, 5.74) is 2.15. The standard InChI is InChI=1S/C17H15ClN2O2S2/c18-14-7-12(23)5-6-13(14)17(22)19-11-3-1-10(2-4-11)15-9-24-16(8-21)20-15/h1-7,15,21,23H,8-9H2,(H,19,22). The first-order valence-electron chi connectivity index (χ1n) is 7.27. The summed E-state index contributed by atoms with van der Waals surface area (Å²) < 4.78 is 0. The molecule has 1 amide bonds. The Morgan fingerprint density at radius 2 is 2.08 bits per heavy atom. The summed E-state index contributed by atoms with van der Waals surface area (Å²) in [6.07, 6.45) is 0. The van der Waals surface area contributed by atoms with Crippen molar-refractivity contribution in [3.05, 3.63) is 58.6 Å². The van der Waals surface area contributed by atoms with E-state index in [4.69, 9.17) is 16.7 Å². The zero-order valence-corrected chi connectivity index (χ0v) is 15.0. The number of nitrogens with zero attached hydrogens (tertiary/aromatic N) is 1. The smallest absolute Gasteiger partial charge is 0.257 e. The van der Waals surface area contributed by atoms with Crippen LogP contribution < -0.4 is 5.32 Å². The molecular weight excluding hydrogens is 364 g/mol. The number of thioether (sulfide) groups is 1. The van der Waals surface area contributed by atoms with E-state index in [1.807, 2.05) is 24.3 Å². The van der Waals surface area contributed by atoms with Gasteiger partial charge in [-0.3, -0.25) is 9.79 Å². The molecule has 0 saturated carbocycles. The van der Waals surface area contributed by atoms with E-state index in [9.17, 15) is 4.79 Å². The Bertz CT molecular complexity index is 794. The lowest BCUT2D eigenvalue weighted by Gasteiger charge is -2.10. The van der Waals surface area contributed by atoms with Crippen molar-refractivity contribution in [1.82, 2.24) is 0 Å². The molecule has 124 valence electrons. The second kappa shape index (κ2) is 7.61. The molecule has 3 rings (SSSR count). The van der Waals surface area contributed by atoms with Gasteiger partial charge < -0.3 is 10.4 Å². The number of amides is 1. The molecule has 2 aromatic rings. The van der Waals surface area contributed by atoms with Crippen molar-refractivity contribution in [2.45, 2.75) is 10.9 Å².